The third-order valence-electron chi connectivity index (χ3n) is 5.30. The van der Waals surface area contributed by atoms with E-state index in [0.29, 0.717) is 48.3 Å². The molecule has 1 aliphatic rings. The maximum Gasteiger partial charge on any atom is 0.373 e. The monoisotopic (exact) mass is 465 g/mol. The van der Waals surface area contributed by atoms with Crippen molar-refractivity contribution >= 4 is 28.6 Å². The van der Waals surface area contributed by atoms with Gasteiger partial charge in [0.25, 0.3) is 5.91 Å². The molecule has 178 valence electrons. The molecular formula is C25H27N3O6. The van der Waals surface area contributed by atoms with E-state index in [1.807, 2.05) is 45.0 Å². The quantitative estimate of drug-likeness (QED) is 0.568. The molecule has 3 N–H and O–H groups in total. The van der Waals surface area contributed by atoms with Gasteiger partial charge in [-0.25, -0.2) is 0 Å². The number of hydrogen-bond acceptors (Lipinski definition) is 8. The minimum absolute atomic E-state index is 0.147. The van der Waals surface area contributed by atoms with Crippen molar-refractivity contribution in [2.45, 2.75) is 26.8 Å². The molecule has 4 rings (SSSR count). The molecule has 0 saturated heterocycles. The van der Waals surface area contributed by atoms with E-state index in [1.54, 1.807) is 18.2 Å². The average Bonchev–Trinajstić information content (AvgIpc) is 2.81. The SMILES string of the molecule is Cc1cc(N)c2c(OC[C@@H](NC(=O)c3cccc4c3OCCO4)C(C)C)cccc2n1.O=C=O. The Morgan fingerprint density at radius 2 is 1.88 bits per heavy atom. The van der Waals surface area contributed by atoms with E-state index in [-0.39, 0.29) is 24.0 Å². The summed E-state index contributed by atoms with van der Waals surface area (Å²) in [5, 5.41) is 3.86. The van der Waals surface area contributed by atoms with Gasteiger partial charge in [0.2, 0.25) is 0 Å². The van der Waals surface area contributed by atoms with E-state index in [1.165, 1.54) is 0 Å². The van der Waals surface area contributed by atoms with E-state index in [0.717, 1.165) is 16.6 Å². The summed E-state index contributed by atoms with van der Waals surface area (Å²) in [6.07, 6.45) is 0.250. The number of nitrogens with zero attached hydrogens (tertiary/aromatic N) is 1. The van der Waals surface area contributed by atoms with Crippen LogP contribution in [0.2, 0.25) is 0 Å². The number of benzene rings is 2. The second-order valence-corrected chi connectivity index (χ2v) is 8.05. The van der Waals surface area contributed by atoms with Crippen LogP contribution in [-0.4, -0.2) is 42.9 Å². The predicted octanol–water partition coefficient (Wildman–Crippen LogP) is 3.15. The molecule has 2 heterocycles. The van der Waals surface area contributed by atoms with Crippen LogP contribution >= 0.6 is 0 Å². The van der Waals surface area contributed by atoms with Crippen LogP contribution in [0.3, 0.4) is 0 Å². The molecule has 1 atom stereocenters. The van der Waals surface area contributed by atoms with Crippen LogP contribution in [0.4, 0.5) is 5.69 Å². The molecule has 1 aliphatic heterocycles. The van der Waals surface area contributed by atoms with E-state index < -0.39 is 0 Å². The molecule has 0 aliphatic carbocycles. The highest BCUT2D eigenvalue weighted by Crippen LogP contribution is 2.34. The fourth-order valence-electron chi connectivity index (χ4n) is 3.62. The smallest absolute Gasteiger partial charge is 0.373 e. The summed E-state index contributed by atoms with van der Waals surface area (Å²) in [6.45, 7) is 7.17. The largest absolute Gasteiger partial charge is 0.491 e. The zero-order valence-electron chi connectivity index (χ0n) is 19.3. The van der Waals surface area contributed by atoms with E-state index >= 15 is 0 Å². The number of ether oxygens (including phenoxy) is 3. The molecule has 0 radical (unpaired) electrons. The minimum atomic E-state index is -0.223. The zero-order valence-corrected chi connectivity index (χ0v) is 19.3. The molecule has 0 unspecified atom stereocenters. The molecule has 0 fully saturated rings. The third-order valence-corrected chi connectivity index (χ3v) is 5.30. The van der Waals surface area contributed by atoms with Gasteiger partial charge >= 0.3 is 6.15 Å². The van der Waals surface area contributed by atoms with Gasteiger partial charge in [0, 0.05) is 11.4 Å². The van der Waals surface area contributed by atoms with Gasteiger partial charge in [-0.2, -0.15) is 9.59 Å². The Hall–Kier alpha value is -4.10. The highest BCUT2D eigenvalue weighted by Gasteiger charge is 2.24. The number of nitrogen functional groups attached to an aromatic ring is 1. The van der Waals surface area contributed by atoms with Crippen LogP contribution in [-0.2, 0) is 9.59 Å². The molecule has 2 aromatic carbocycles. The van der Waals surface area contributed by atoms with Crippen LogP contribution in [0.15, 0.2) is 42.5 Å². The summed E-state index contributed by atoms with van der Waals surface area (Å²) in [4.78, 5) is 33.8. The van der Waals surface area contributed by atoms with Crippen LogP contribution < -0.4 is 25.3 Å². The molecule has 0 spiro atoms. The Labute approximate surface area is 197 Å². The van der Waals surface area contributed by atoms with Crippen LogP contribution in [0.25, 0.3) is 10.9 Å². The van der Waals surface area contributed by atoms with Gasteiger partial charge in [0.05, 0.1) is 22.5 Å². The normalized spacial score (nSPS) is 12.8. The maximum absolute atomic E-state index is 13.0. The summed E-state index contributed by atoms with van der Waals surface area (Å²) < 4.78 is 17.4. The second kappa shape index (κ2) is 11.2. The summed E-state index contributed by atoms with van der Waals surface area (Å²) in [5.41, 5.74) is 8.95. The van der Waals surface area contributed by atoms with Gasteiger partial charge in [-0.3, -0.25) is 9.78 Å². The Morgan fingerprint density at radius 1 is 1.18 bits per heavy atom. The Kier molecular flexibility index (Phi) is 8.05. The van der Waals surface area contributed by atoms with Gasteiger partial charge in [0.15, 0.2) is 11.5 Å². The molecule has 1 amide bonds. The lowest BCUT2D eigenvalue weighted by Crippen LogP contribution is -2.43. The third kappa shape index (κ3) is 5.63. The van der Waals surface area contributed by atoms with Crippen molar-refractivity contribution < 1.29 is 28.6 Å². The van der Waals surface area contributed by atoms with Crippen molar-refractivity contribution in [2.75, 3.05) is 25.6 Å². The lowest BCUT2D eigenvalue weighted by molar-refractivity contribution is -0.191. The van der Waals surface area contributed by atoms with Crippen molar-refractivity contribution in [1.82, 2.24) is 10.3 Å². The fraction of sp³-hybridized carbons (Fsp3) is 0.320. The lowest BCUT2D eigenvalue weighted by Gasteiger charge is -2.25. The van der Waals surface area contributed by atoms with Crippen molar-refractivity contribution in [3.8, 4) is 17.2 Å². The van der Waals surface area contributed by atoms with Crippen molar-refractivity contribution in [1.29, 1.82) is 0 Å². The number of hydrogen-bond donors (Lipinski definition) is 2. The molecule has 0 bridgehead atoms. The molecule has 9 heteroatoms. The number of fused-ring (bicyclic) bond motifs is 2. The van der Waals surface area contributed by atoms with Crippen LogP contribution in [0, 0.1) is 12.8 Å². The average molecular weight is 466 g/mol. The van der Waals surface area contributed by atoms with E-state index in [2.05, 4.69) is 10.3 Å². The molecule has 0 saturated carbocycles. The number of rotatable bonds is 6. The molecular weight excluding hydrogens is 438 g/mol. The second-order valence-electron chi connectivity index (χ2n) is 8.05. The van der Waals surface area contributed by atoms with Crippen molar-refractivity contribution in [3.63, 3.8) is 0 Å². The van der Waals surface area contributed by atoms with Gasteiger partial charge in [-0.05, 0) is 43.2 Å². The number of aryl methyl sites for hydroxylation is 1. The summed E-state index contributed by atoms with van der Waals surface area (Å²) in [6, 6.07) is 12.6. The Balaban J connectivity index is 0.00000103. The Bertz CT molecular complexity index is 1200. The first kappa shape index (κ1) is 24.5. The van der Waals surface area contributed by atoms with Crippen molar-refractivity contribution in [3.05, 3.63) is 53.7 Å². The van der Waals surface area contributed by atoms with Gasteiger partial charge in [-0.15, -0.1) is 0 Å². The fourth-order valence-corrected chi connectivity index (χ4v) is 3.62. The maximum atomic E-state index is 13.0. The highest BCUT2D eigenvalue weighted by molar-refractivity contribution is 5.98. The van der Waals surface area contributed by atoms with Gasteiger partial charge in [0.1, 0.15) is 25.6 Å². The minimum Gasteiger partial charge on any atom is -0.491 e. The molecule has 34 heavy (non-hydrogen) atoms. The lowest BCUT2D eigenvalue weighted by atomic mass is 10.0. The first-order valence-corrected chi connectivity index (χ1v) is 10.8. The molecule has 1 aromatic heterocycles. The number of nitrogens with one attached hydrogen (secondary N) is 1. The number of carbonyl (C=O) groups excluding carboxylic acids is 3. The first-order chi connectivity index (χ1) is 16.3. The van der Waals surface area contributed by atoms with Crippen LogP contribution in [0.5, 0.6) is 17.2 Å². The van der Waals surface area contributed by atoms with Gasteiger partial charge in [-0.1, -0.05) is 26.0 Å². The van der Waals surface area contributed by atoms with Crippen LogP contribution in [0.1, 0.15) is 29.9 Å². The number of carbonyl (C=O) groups is 1. The predicted molar refractivity (Wildman–Crippen MR) is 125 cm³/mol. The zero-order chi connectivity index (χ0) is 24.7. The standard InChI is InChI=1S/C24H27N3O4.CO2/c1-14(2)19(27-24(28)16-6-4-9-21-23(16)30-11-10-29-21)13-31-20-8-5-7-18-22(20)17(25)12-15(3)26-18;2-1-3/h4-9,12,14,19H,10-11,13H2,1-3H3,(H2,25,26)(H,27,28);/t19-;/m1./s1. The summed E-state index contributed by atoms with van der Waals surface area (Å²) in [5.74, 6) is 1.65. The number of pyridine rings is 1. The van der Waals surface area contributed by atoms with Gasteiger partial charge < -0.3 is 25.3 Å². The number of amides is 1. The number of aromatic nitrogens is 1. The first-order valence-electron chi connectivity index (χ1n) is 10.8. The van der Waals surface area contributed by atoms with E-state index in [4.69, 9.17) is 29.5 Å². The highest BCUT2D eigenvalue weighted by atomic mass is 16.6. The number of para-hydroxylation sites is 1. The summed E-state index contributed by atoms with van der Waals surface area (Å²) in [7, 11) is 0. The molecule has 3 aromatic rings. The van der Waals surface area contributed by atoms with E-state index in [9.17, 15) is 4.79 Å². The molecule has 9 nitrogen and oxygen atoms in total. The summed E-state index contributed by atoms with van der Waals surface area (Å²) >= 11 is 0. The Morgan fingerprint density at radius 3 is 2.62 bits per heavy atom. The topological polar surface area (TPSA) is 130 Å². The van der Waals surface area contributed by atoms with Crippen molar-refractivity contribution in [2.24, 2.45) is 5.92 Å². The number of anilines is 1. The number of nitrogens with two attached hydrogens (primary N) is 1.